The molecule has 2 aromatic heterocycles. The van der Waals surface area contributed by atoms with Crippen LogP contribution in [0.3, 0.4) is 0 Å². The molecule has 0 radical (unpaired) electrons. The molecule has 0 bridgehead atoms. The topological polar surface area (TPSA) is 54.9 Å². The molecule has 0 atom stereocenters. The van der Waals surface area contributed by atoms with E-state index in [9.17, 15) is 4.79 Å². The van der Waals surface area contributed by atoms with Gasteiger partial charge in [0.15, 0.2) is 5.65 Å². The van der Waals surface area contributed by atoms with Crippen LogP contribution >= 0.6 is 0 Å². The standard InChI is InChI=1S/C12H13N3O/c1-7-6-8(2)13-12-10(7)4-5-11(15-12)14-9(3)16/h4-6H,1-3H3,(H,13,14,15,16). The van der Waals surface area contributed by atoms with Crippen LogP contribution in [-0.2, 0) is 4.79 Å². The third-order valence-corrected chi connectivity index (χ3v) is 2.31. The highest BCUT2D eigenvalue weighted by molar-refractivity contribution is 5.89. The van der Waals surface area contributed by atoms with Gasteiger partial charge >= 0.3 is 0 Å². The van der Waals surface area contributed by atoms with Crippen molar-refractivity contribution in [3.05, 3.63) is 29.5 Å². The van der Waals surface area contributed by atoms with E-state index in [1.165, 1.54) is 6.92 Å². The molecule has 0 aliphatic heterocycles. The summed E-state index contributed by atoms with van der Waals surface area (Å²) >= 11 is 0. The summed E-state index contributed by atoms with van der Waals surface area (Å²) in [5.74, 6) is 0.411. The first-order valence-corrected chi connectivity index (χ1v) is 5.09. The Balaban J connectivity index is 2.57. The molecular weight excluding hydrogens is 202 g/mol. The molecule has 0 aromatic carbocycles. The van der Waals surface area contributed by atoms with Crippen molar-refractivity contribution in [2.24, 2.45) is 0 Å². The first kappa shape index (κ1) is 10.5. The zero-order valence-corrected chi connectivity index (χ0v) is 9.53. The summed E-state index contributed by atoms with van der Waals surface area (Å²) < 4.78 is 0. The highest BCUT2D eigenvalue weighted by atomic mass is 16.1. The van der Waals surface area contributed by atoms with Gasteiger partial charge in [-0.05, 0) is 37.6 Å². The predicted molar refractivity (Wildman–Crippen MR) is 63.3 cm³/mol. The molecule has 0 fully saturated rings. The molecule has 0 aliphatic carbocycles. The number of hydrogen-bond donors (Lipinski definition) is 1. The fraction of sp³-hybridized carbons (Fsp3) is 0.250. The van der Waals surface area contributed by atoms with E-state index in [4.69, 9.17) is 0 Å². The Morgan fingerprint density at radius 1 is 1.25 bits per heavy atom. The fourth-order valence-electron chi connectivity index (χ4n) is 1.68. The number of nitrogens with one attached hydrogen (secondary N) is 1. The number of pyridine rings is 2. The summed E-state index contributed by atoms with van der Waals surface area (Å²) in [6.45, 7) is 5.41. The van der Waals surface area contributed by atoms with Crippen molar-refractivity contribution >= 4 is 22.8 Å². The number of amides is 1. The van der Waals surface area contributed by atoms with Crippen LogP contribution in [0.5, 0.6) is 0 Å². The van der Waals surface area contributed by atoms with E-state index >= 15 is 0 Å². The van der Waals surface area contributed by atoms with Crippen molar-refractivity contribution in [2.45, 2.75) is 20.8 Å². The number of hydrogen-bond acceptors (Lipinski definition) is 3. The Kier molecular flexibility index (Phi) is 2.56. The molecule has 1 N–H and O–H groups in total. The Labute approximate surface area is 93.7 Å². The summed E-state index contributed by atoms with van der Waals surface area (Å²) in [6.07, 6.45) is 0. The lowest BCUT2D eigenvalue weighted by Crippen LogP contribution is -2.07. The highest BCUT2D eigenvalue weighted by Gasteiger charge is 2.04. The van der Waals surface area contributed by atoms with E-state index in [-0.39, 0.29) is 5.91 Å². The van der Waals surface area contributed by atoms with Gasteiger partial charge in [-0.1, -0.05) is 0 Å². The summed E-state index contributed by atoms with van der Waals surface area (Å²) in [7, 11) is 0. The third kappa shape index (κ3) is 2.00. The second-order valence-corrected chi connectivity index (χ2v) is 3.83. The highest BCUT2D eigenvalue weighted by Crippen LogP contribution is 2.18. The second kappa shape index (κ2) is 3.89. The van der Waals surface area contributed by atoms with Crippen LogP contribution in [0.15, 0.2) is 18.2 Å². The zero-order chi connectivity index (χ0) is 11.7. The zero-order valence-electron chi connectivity index (χ0n) is 9.53. The molecule has 2 aromatic rings. The van der Waals surface area contributed by atoms with Crippen LogP contribution in [0.2, 0.25) is 0 Å². The second-order valence-electron chi connectivity index (χ2n) is 3.83. The third-order valence-electron chi connectivity index (χ3n) is 2.31. The number of rotatable bonds is 1. The summed E-state index contributed by atoms with van der Waals surface area (Å²) in [5.41, 5.74) is 2.74. The SMILES string of the molecule is CC(=O)Nc1ccc2c(C)cc(C)nc2n1. The van der Waals surface area contributed by atoms with Gasteiger partial charge in [0, 0.05) is 18.0 Å². The Morgan fingerprint density at radius 3 is 2.69 bits per heavy atom. The van der Waals surface area contributed by atoms with E-state index in [0.717, 1.165) is 16.6 Å². The number of carbonyl (C=O) groups is 1. The van der Waals surface area contributed by atoms with Crippen molar-refractivity contribution < 1.29 is 4.79 Å². The first-order chi connectivity index (χ1) is 7.56. The van der Waals surface area contributed by atoms with Gasteiger partial charge in [0.05, 0.1) is 0 Å². The van der Waals surface area contributed by atoms with Crippen LogP contribution in [0, 0.1) is 13.8 Å². The maximum atomic E-state index is 10.9. The Morgan fingerprint density at radius 2 is 2.00 bits per heavy atom. The fourth-order valence-corrected chi connectivity index (χ4v) is 1.68. The number of aryl methyl sites for hydroxylation is 2. The lowest BCUT2D eigenvalue weighted by Gasteiger charge is -2.05. The van der Waals surface area contributed by atoms with Crippen LogP contribution in [-0.4, -0.2) is 15.9 Å². The number of anilines is 1. The molecule has 0 unspecified atom stereocenters. The number of nitrogens with zero attached hydrogens (tertiary/aromatic N) is 2. The van der Waals surface area contributed by atoms with Gasteiger partial charge < -0.3 is 5.32 Å². The molecule has 0 saturated heterocycles. The normalized spacial score (nSPS) is 10.4. The molecule has 16 heavy (non-hydrogen) atoms. The minimum Gasteiger partial charge on any atom is -0.311 e. The predicted octanol–water partition coefficient (Wildman–Crippen LogP) is 2.21. The van der Waals surface area contributed by atoms with Crippen molar-refractivity contribution in [3.63, 3.8) is 0 Å². The number of aromatic nitrogens is 2. The Hall–Kier alpha value is -1.97. The molecule has 0 aliphatic rings. The molecule has 0 spiro atoms. The average Bonchev–Trinajstić information content (AvgIpc) is 2.15. The largest absolute Gasteiger partial charge is 0.311 e. The van der Waals surface area contributed by atoms with Crippen LogP contribution < -0.4 is 5.32 Å². The van der Waals surface area contributed by atoms with Crippen LogP contribution in [0.25, 0.3) is 11.0 Å². The van der Waals surface area contributed by atoms with Gasteiger partial charge in [-0.3, -0.25) is 4.79 Å². The minimum absolute atomic E-state index is 0.128. The lowest BCUT2D eigenvalue weighted by atomic mass is 10.1. The van der Waals surface area contributed by atoms with Crippen molar-refractivity contribution in [1.82, 2.24) is 9.97 Å². The molecule has 82 valence electrons. The molecular formula is C12H13N3O. The van der Waals surface area contributed by atoms with E-state index < -0.39 is 0 Å². The number of carbonyl (C=O) groups excluding carboxylic acids is 1. The van der Waals surface area contributed by atoms with Gasteiger partial charge in [0.2, 0.25) is 5.91 Å². The summed E-state index contributed by atoms with van der Waals surface area (Å²) in [5, 5.41) is 3.66. The molecule has 4 heteroatoms. The molecule has 2 heterocycles. The monoisotopic (exact) mass is 215 g/mol. The van der Waals surface area contributed by atoms with E-state index in [2.05, 4.69) is 15.3 Å². The van der Waals surface area contributed by atoms with Gasteiger partial charge in [0.1, 0.15) is 5.82 Å². The summed E-state index contributed by atoms with van der Waals surface area (Å²) in [6, 6.07) is 5.73. The smallest absolute Gasteiger partial charge is 0.222 e. The molecule has 4 nitrogen and oxygen atoms in total. The van der Waals surface area contributed by atoms with Gasteiger partial charge in [-0.25, -0.2) is 9.97 Å². The van der Waals surface area contributed by atoms with E-state index in [1.807, 2.05) is 26.0 Å². The molecule has 0 saturated carbocycles. The van der Waals surface area contributed by atoms with Gasteiger partial charge in [-0.15, -0.1) is 0 Å². The van der Waals surface area contributed by atoms with Crippen molar-refractivity contribution in [3.8, 4) is 0 Å². The van der Waals surface area contributed by atoms with Crippen molar-refractivity contribution in [1.29, 1.82) is 0 Å². The van der Waals surface area contributed by atoms with E-state index in [0.29, 0.717) is 11.5 Å². The maximum absolute atomic E-state index is 10.9. The number of fused-ring (bicyclic) bond motifs is 1. The average molecular weight is 215 g/mol. The quantitative estimate of drug-likeness (QED) is 0.793. The maximum Gasteiger partial charge on any atom is 0.222 e. The van der Waals surface area contributed by atoms with Crippen molar-refractivity contribution in [2.75, 3.05) is 5.32 Å². The Bertz CT molecular complexity index is 563. The minimum atomic E-state index is -0.128. The van der Waals surface area contributed by atoms with Crippen LogP contribution in [0.4, 0.5) is 5.82 Å². The van der Waals surface area contributed by atoms with Gasteiger partial charge in [0.25, 0.3) is 0 Å². The van der Waals surface area contributed by atoms with Crippen LogP contribution in [0.1, 0.15) is 18.2 Å². The summed E-state index contributed by atoms with van der Waals surface area (Å²) in [4.78, 5) is 19.5. The first-order valence-electron chi connectivity index (χ1n) is 5.09. The molecule has 2 rings (SSSR count). The van der Waals surface area contributed by atoms with Gasteiger partial charge in [-0.2, -0.15) is 0 Å². The van der Waals surface area contributed by atoms with E-state index in [1.54, 1.807) is 6.07 Å². The lowest BCUT2D eigenvalue weighted by molar-refractivity contribution is -0.114. The molecule has 1 amide bonds.